The van der Waals surface area contributed by atoms with Gasteiger partial charge in [0.15, 0.2) is 5.78 Å². The van der Waals surface area contributed by atoms with Crippen LogP contribution in [0, 0.1) is 5.92 Å². The van der Waals surface area contributed by atoms with Crippen molar-refractivity contribution in [1.82, 2.24) is 0 Å². The molecule has 0 spiro atoms. The molecule has 1 saturated heterocycles. The van der Waals surface area contributed by atoms with Crippen molar-refractivity contribution in [3.8, 4) is 0 Å². The van der Waals surface area contributed by atoms with Gasteiger partial charge in [-0.05, 0) is 48.0 Å². The molecule has 3 nitrogen and oxygen atoms in total. The van der Waals surface area contributed by atoms with Crippen LogP contribution < -0.4 is 0 Å². The van der Waals surface area contributed by atoms with Gasteiger partial charge in [0.25, 0.3) is 0 Å². The lowest BCUT2D eigenvalue weighted by atomic mass is 9.79. The van der Waals surface area contributed by atoms with Crippen molar-refractivity contribution >= 4 is 5.78 Å². The van der Waals surface area contributed by atoms with Crippen molar-refractivity contribution in [2.75, 3.05) is 0 Å². The zero-order chi connectivity index (χ0) is 12.1. The first-order valence-electron chi connectivity index (χ1n) is 5.43. The van der Waals surface area contributed by atoms with Gasteiger partial charge in [-0.15, -0.1) is 0 Å². The summed E-state index contributed by atoms with van der Waals surface area (Å²) < 4.78 is 5.83. The number of ether oxygens (including phenoxy) is 1. The highest BCUT2D eigenvalue weighted by atomic mass is 16.5. The summed E-state index contributed by atoms with van der Waals surface area (Å²) >= 11 is 0. The van der Waals surface area contributed by atoms with Crippen LogP contribution in [0.4, 0.5) is 0 Å². The van der Waals surface area contributed by atoms with E-state index in [1.165, 1.54) is 13.8 Å². The van der Waals surface area contributed by atoms with Crippen LogP contribution in [0.1, 0.15) is 48.0 Å². The Hall–Kier alpha value is -0.410. The van der Waals surface area contributed by atoms with Crippen LogP contribution in [0.25, 0.3) is 0 Å². The molecule has 0 saturated carbocycles. The van der Waals surface area contributed by atoms with Gasteiger partial charge in [-0.3, -0.25) is 4.79 Å². The van der Waals surface area contributed by atoms with Gasteiger partial charge in [0, 0.05) is 0 Å². The number of rotatable bonds is 2. The molecular formula is C12H22O3. The van der Waals surface area contributed by atoms with E-state index in [-0.39, 0.29) is 17.3 Å². The smallest absolute Gasteiger partial charge is 0.169 e. The highest BCUT2D eigenvalue weighted by Crippen LogP contribution is 2.43. The third kappa shape index (κ3) is 2.58. The maximum Gasteiger partial charge on any atom is 0.169 e. The highest BCUT2D eigenvalue weighted by Gasteiger charge is 2.51. The average molecular weight is 214 g/mol. The van der Waals surface area contributed by atoms with Crippen molar-refractivity contribution in [3.05, 3.63) is 0 Å². The van der Waals surface area contributed by atoms with Crippen molar-refractivity contribution < 1.29 is 14.6 Å². The molecular weight excluding hydrogens is 192 g/mol. The van der Waals surface area contributed by atoms with Crippen LogP contribution in [-0.4, -0.2) is 27.7 Å². The summed E-state index contributed by atoms with van der Waals surface area (Å²) in [6.07, 6.45) is 0.669. The van der Waals surface area contributed by atoms with E-state index in [9.17, 15) is 9.90 Å². The fourth-order valence-corrected chi connectivity index (χ4v) is 2.40. The van der Waals surface area contributed by atoms with E-state index >= 15 is 0 Å². The molecule has 15 heavy (non-hydrogen) atoms. The van der Waals surface area contributed by atoms with Crippen LogP contribution in [-0.2, 0) is 9.53 Å². The molecule has 3 heteroatoms. The van der Waals surface area contributed by atoms with Crippen LogP contribution in [0.5, 0.6) is 0 Å². The second kappa shape index (κ2) is 3.29. The molecule has 1 rings (SSSR count). The first kappa shape index (κ1) is 12.7. The third-order valence-electron chi connectivity index (χ3n) is 2.99. The highest BCUT2D eigenvalue weighted by molar-refractivity contribution is 5.89. The van der Waals surface area contributed by atoms with Crippen molar-refractivity contribution in [1.29, 1.82) is 0 Å². The summed E-state index contributed by atoms with van der Waals surface area (Å²) in [6, 6.07) is 0. The Balaban J connectivity index is 2.93. The number of hydrogen-bond donors (Lipinski definition) is 1. The van der Waals surface area contributed by atoms with E-state index in [2.05, 4.69) is 0 Å². The molecule has 1 aliphatic heterocycles. The summed E-state index contributed by atoms with van der Waals surface area (Å²) in [7, 11) is 0. The van der Waals surface area contributed by atoms with E-state index in [0.29, 0.717) is 6.42 Å². The topological polar surface area (TPSA) is 46.5 Å². The summed E-state index contributed by atoms with van der Waals surface area (Å²) in [5, 5.41) is 9.74. The summed E-state index contributed by atoms with van der Waals surface area (Å²) in [5.41, 5.74) is -2.04. The minimum atomic E-state index is -1.27. The second-order valence-electron chi connectivity index (χ2n) is 6.15. The van der Waals surface area contributed by atoms with Gasteiger partial charge >= 0.3 is 0 Å². The monoisotopic (exact) mass is 214 g/mol. The molecule has 0 radical (unpaired) electrons. The summed E-state index contributed by atoms with van der Waals surface area (Å²) in [5.74, 6) is -0.356. The molecule has 1 aliphatic rings. The van der Waals surface area contributed by atoms with Gasteiger partial charge in [0.2, 0.25) is 0 Å². The maximum absolute atomic E-state index is 12.0. The summed E-state index contributed by atoms with van der Waals surface area (Å²) in [4.78, 5) is 12.0. The van der Waals surface area contributed by atoms with Gasteiger partial charge < -0.3 is 9.84 Å². The standard InChI is InChI=1S/C12H22O3/c1-10(2)7-8(12(5,6)15-10)9(13)11(3,4)14/h8,14H,7H2,1-6H3. The molecule has 0 aromatic rings. The maximum atomic E-state index is 12.0. The predicted octanol–water partition coefficient (Wildman–Crippen LogP) is 1.92. The number of carbonyl (C=O) groups is 1. The second-order valence-corrected chi connectivity index (χ2v) is 6.15. The normalized spacial score (nSPS) is 29.1. The molecule has 88 valence electrons. The largest absolute Gasteiger partial charge is 0.383 e. The number of ketones is 1. The molecule has 0 amide bonds. The fourth-order valence-electron chi connectivity index (χ4n) is 2.40. The van der Waals surface area contributed by atoms with E-state index in [1.807, 2.05) is 27.7 Å². The Morgan fingerprint density at radius 3 is 2.07 bits per heavy atom. The van der Waals surface area contributed by atoms with Gasteiger partial charge in [-0.1, -0.05) is 0 Å². The Morgan fingerprint density at radius 1 is 1.33 bits per heavy atom. The Morgan fingerprint density at radius 2 is 1.80 bits per heavy atom. The first-order chi connectivity index (χ1) is 6.46. The van der Waals surface area contributed by atoms with Gasteiger partial charge in [-0.2, -0.15) is 0 Å². The van der Waals surface area contributed by atoms with Crippen molar-refractivity contribution in [2.24, 2.45) is 5.92 Å². The lowest BCUT2D eigenvalue weighted by Gasteiger charge is -2.29. The molecule has 1 heterocycles. The number of hydrogen-bond acceptors (Lipinski definition) is 3. The number of aliphatic hydroxyl groups is 1. The average Bonchev–Trinajstić information content (AvgIpc) is 2.15. The Kier molecular flexibility index (Phi) is 2.78. The number of Topliss-reactive ketones (excluding diaryl/α,β-unsaturated/α-hetero) is 1. The SMILES string of the molecule is CC1(C)CC(C(=O)C(C)(C)O)C(C)(C)O1. The quantitative estimate of drug-likeness (QED) is 0.764. The Bertz CT molecular complexity index is 271. The van der Waals surface area contributed by atoms with E-state index in [4.69, 9.17) is 4.74 Å². The molecule has 1 atom stereocenters. The van der Waals surface area contributed by atoms with Gasteiger partial charge in [0.1, 0.15) is 5.60 Å². The molecule has 1 unspecified atom stereocenters. The van der Waals surface area contributed by atoms with Crippen molar-refractivity contribution in [3.63, 3.8) is 0 Å². The molecule has 0 aliphatic carbocycles. The fraction of sp³-hybridized carbons (Fsp3) is 0.917. The lowest BCUT2D eigenvalue weighted by molar-refractivity contribution is -0.144. The Labute approximate surface area is 91.8 Å². The van der Waals surface area contributed by atoms with Crippen LogP contribution in [0.3, 0.4) is 0 Å². The lowest BCUT2D eigenvalue weighted by Crippen LogP contribution is -2.43. The minimum Gasteiger partial charge on any atom is -0.383 e. The third-order valence-corrected chi connectivity index (χ3v) is 2.99. The zero-order valence-corrected chi connectivity index (χ0v) is 10.5. The molecule has 1 fully saturated rings. The molecule has 1 N–H and O–H groups in total. The van der Waals surface area contributed by atoms with Crippen LogP contribution in [0.2, 0.25) is 0 Å². The zero-order valence-electron chi connectivity index (χ0n) is 10.5. The first-order valence-corrected chi connectivity index (χ1v) is 5.43. The van der Waals surface area contributed by atoms with Crippen LogP contribution >= 0.6 is 0 Å². The van der Waals surface area contributed by atoms with Crippen molar-refractivity contribution in [2.45, 2.75) is 64.8 Å². The van der Waals surface area contributed by atoms with Gasteiger partial charge in [-0.25, -0.2) is 0 Å². The summed E-state index contributed by atoms with van der Waals surface area (Å²) in [6.45, 7) is 10.9. The molecule has 0 aromatic carbocycles. The van der Waals surface area contributed by atoms with E-state index in [1.54, 1.807) is 0 Å². The predicted molar refractivity (Wildman–Crippen MR) is 58.7 cm³/mol. The van der Waals surface area contributed by atoms with E-state index < -0.39 is 11.2 Å². The van der Waals surface area contributed by atoms with Crippen LogP contribution in [0.15, 0.2) is 0 Å². The van der Waals surface area contributed by atoms with E-state index in [0.717, 1.165) is 0 Å². The van der Waals surface area contributed by atoms with Gasteiger partial charge in [0.05, 0.1) is 17.1 Å². The minimum absolute atomic E-state index is 0.127. The number of carbonyl (C=O) groups excluding carboxylic acids is 1. The molecule has 0 aromatic heterocycles. The molecule has 0 bridgehead atoms.